The second kappa shape index (κ2) is 4.93. The van der Waals surface area contributed by atoms with E-state index in [-0.39, 0.29) is 6.54 Å². The number of rotatable bonds is 5. The van der Waals surface area contributed by atoms with Crippen molar-refractivity contribution in [2.24, 2.45) is 0 Å². The average molecular weight is 212 g/mol. The summed E-state index contributed by atoms with van der Waals surface area (Å²) in [7, 11) is 0. The summed E-state index contributed by atoms with van der Waals surface area (Å²) in [6.45, 7) is 6.94. The molecule has 0 saturated heterocycles. The molecule has 0 atom stereocenters. The van der Waals surface area contributed by atoms with Gasteiger partial charge in [0.25, 0.3) is 0 Å². The maximum Gasteiger partial charge on any atom is 0.317 e. The predicted molar refractivity (Wildman–Crippen MR) is 54.6 cm³/mol. The number of aromatic nitrogens is 1. The molecule has 15 heavy (non-hydrogen) atoms. The minimum Gasteiger partial charge on any atom is -0.480 e. The predicted octanol–water partition coefficient (Wildman–Crippen LogP) is 1.20. The molecule has 1 aromatic heterocycles. The van der Waals surface area contributed by atoms with Crippen molar-refractivity contribution >= 4 is 5.97 Å². The van der Waals surface area contributed by atoms with Crippen molar-refractivity contribution in [2.45, 2.75) is 27.3 Å². The number of carboxylic acid groups (broad SMARTS) is 1. The van der Waals surface area contributed by atoms with Crippen LogP contribution < -0.4 is 0 Å². The Balaban J connectivity index is 2.70. The van der Waals surface area contributed by atoms with Crippen molar-refractivity contribution in [1.29, 1.82) is 0 Å². The van der Waals surface area contributed by atoms with Crippen LogP contribution in [-0.4, -0.2) is 34.2 Å². The topological polar surface area (TPSA) is 66.6 Å². The number of nitrogens with zero attached hydrogens (tertiary/aromatic N) is 2. The smallest absolute Gasteiger partial charge is 0.317 e. The first-order valence-electron chi connectivity index (χ1n) is 4.90. The van der Waals surface area contributed by atoms with Crippen LogP contribution in [-0.2, 0) is 11.3 Å². The Morgan fingerprint density at radius 3 is 2.60 bits per heavy atom. The minimum absolute atomic E-state index is 0.0422. The van der Waals surface area contributed by atoms with Gasteiger partial charge < -0.3 is 9.63 Å². The molecule has 1 aromatic rings. The molecule has 1 N–H and O–H groups in total. The number of hydrogen-bond acceptors (Lipinski definition) is 4. The van der Waals surface area contributed by atoms with E-state index >= 15 is 0 Å². The Morgan fingerprint density at radius 1 is 1.53 bits per heavy atom. The van der Waals surface area contributed by atoms with Gasteiger partial charge in [0.15, 0.2) is 0 Å². The highest BCUT2D eigenvalue weighted by Gasteiger charge is 2.14. The highest BCUT2D eigenvalue weighted by molar-refractivity contribution is 5.69. The van der Waals surface area contributed by atoms with Crippen molar-refractivity contribution in [3.63, 3.8) is 0 Å². The Hall–Kier alpha value is -1.36. The van der Waals surface area contributed by atoms with Crippen LogP contribution in [0.15, 0.2) is 4.52 Å². The molecule has 0 spiro atoms. The molecular weight excluding hydrogens is 196 g/mol. The Kier molecular flexibility index (Phi) is 3.85. The molecule has 0 aliphatic heterocycles. The summed E-state index contributed by atoms with van der Waals surface area (Å²) in [6, 6.07) is 0. The van der Waals surface area contributed by atoms with E-state index in [9.17, 15) is 4.79 Å². The number of aryl methyl sites for hydroxylation is 2. The van der Waals surface area contributed by atoms with E-state index in [1.165, 1.54) is 0 Å². The number of hydrogen-bond donors (Lipinski definition) is 1. The second-order valence-electron chi connectivity index (χ2n) is 3.50. The van der Waals surface area contributed by atoms with Crippen LogP contribution >= 0.6 is 0 Å². The van der Waals surface area contributed by atoms with E-state index in [4.69, 9.17) is 9.63 Å². The normalized spacial score (nSPS) is 10.9. The zero-order valence-electron chi connectivity index (χ0n) is 9.28. The molecule has 5 heteroatoms. The molecule has 0 aliphatic rings. The van der Waals surface area contributed by atoms with E-state index in [0.29, 0.717) is 13.1 Å². The molecule has 0 bridgehead atoms. The van der Waals surface area contributed by atoms with E-state index in [2.05, 4.69) is 5.16 Å². The third kappa shape index (κ3) is 3.06. The van der Waals surface area contributed by atoms with E-state index < -0.39 is 5.97 Å². The van der Waals surface area contributed by atoms with Gasteiger partial charge in [0, 0.05) is 12.1 Å². The van der Waals surface area contributed by atoms with Gasteiger partial charge in [-0.1, -0.05) is 12.1 Å². The number of aliphatic carboxylic acids is 1. The van der Waals surface area contributed by atoms with Gasteiger partial charge in [0.05, 0.1) is 12.2 Å². The summed E-state index contributed by atoms with van der Waals surface area (Å²) in [5.41, 5.74) is 1.81. The molecule has 0 aromatic carbocycles. The Bertz CT molecular complexity index is 327. The van der Waals surface area contributed by atoms with Crippen molar-refractivity contribution in [3.05, 3.63) is 17.0 Å². The van der Waals surface area contributed by atoms with Crippen molar-refractivity contribution in [2.75, 3.05) is 13.1 Å². The molecule has 0 unspecified atom stereocenters. The zero-order valence-corrected chi connectivity index (χ0v) is 9.28. The fraction of sp³-hybridized carbons (Fsp3) is 0.600. The van der Waals surface area contributed by atoms with Crippen molar-refractivity contribution in [1.82, 2.24) is 10.1 Å². The van der Waals surface area contributed by atoms with Gasteiger partial charge in [-0.3, -0.25) is 9.69 Å². The maximum absolute atomic E-state index is 10.6. The Labute approximate surface area is 88.7 Å². The first kappa shape index (κ1) is 11.7. The first-order valence-corrected chi connectivity index (χ1v) is 4.90. The van der Waals surface area contributed by atoms with Gasteiger partial charge in [-0.05, 0) is 20.4 Å². The van der Waals surface area contributed by atoms with Gasteiger partial charge in [-0.25, -0.2) is 0 Å². The highest BCUT2D eigenvalue weighted by atomic mass is 16.5. The molecule has 5 nitrogen and oxygen atoms in total. The fourth-order valence-electron chi connectivity index (χ4n) is 1.42. The summed E-state index contributed by atoms with van der Waals surface area (Å²) in [5.74, 6) is -0.0556. The van der Waals surface area contributed by atoms with Gasteiger partial charge >= 0.3 is 5.97 Å². The van der Waals surface area contributed by atoms with Crippen LogP contribution in [0.25, 0.3) is 0 Å². The van der Waals surface area contributed by atoms with E-state index in [1.54, 1.807) is 0 Å². The SMILES string of the molecule is CCN(CC(=O)O)Cc1c(C)noc1C. The fourth-order valence-corrected chi connectivity index (χ4v) is 1.42. The lowest BCUT2D eigenvalue weighted by Crippen LogP contribution is -2.29. The second-order valence-corrected chi connectivity index (χ2v) is 3.50. The molecule has 1 heterocycles. The van der Waals surface area contributed by atoms with E-state index in [1.807, 2.05) is 25.7 Å². The minimum atomic E-state index is -0.816. The molecule has 1 rings (SSSR count). The molecule has 0 aliphatic carbocycles. The monoisotopic (exact) mass is 212 g/mol. The number of likely N-dealkylation sites (N-methyl/N-ethyl adjacent to an activating group) is 1. The van der Waals surface area contributed by atoms with Crippen LogP contribution in [0.5, 0.6) is 0 Å². The van der Waals surface area contributed by atoms with Crippen LogP contribution in [0.1, 0.15) is 23.9 Å². The number of carboxylic acids is 1. The van der Waals surface area contributed by atoms with Crippen LogP contribution in [0.4, 0.5) is 0 Å². The summed E-state index contributed by atoms with van der Waals surface area (Å²) in [4.78, 5) is 12.4. The lowest BCUT2D eigenvalue weighted by Gasteiger charge is -2.17. The average Bonchev–Trinajstić information content (AvgIpc) is 2.47. The maximum atomic E-state index is 10.6. The lowest BCUT2D eigenvalue weighted by atomic mass is 10.2. The molecule has 84 valence electrons. The standard InChI is InChI=1S/C10H16N2O3/c1-4-12(6-10(13)14)5-9-7(2)11-15-8(9)3/h4-6H2,1-3H3,(H,13,14). The largest absolute Gasteiger partial charge is 0.480 e. The van der Waals surface area contributed by atoms with Crippen molar-refractivity contribution < 1.29 is 14.4 Å². The van der Waals surface area contributed by atoms with Crippen molar-refractivity contribution in [3.8, 4) is 0 Å². The summed E-state index contributed by atoms with van der Waals surface area (Å²) < 4.78 is 5.02. The highest BCUT2D eigenvalue weighted by Crippen LogP contribution is 2.14. The first-order chi connectivity index (χ1) is 7.04. The third-order valence-corrected chi connectivity index (χ3v) is 2.37. The van der Waals surface area contributed by atoms with Gasteiger partial charge in [-0.15, -0.1) is 0 Å². The summed E-state index contributed by atoms with van der Waals surface area (Å²) in [6.07, 6.45) is 0. The lowest BCUT2D eigenvalue weighted by molar-refractivity contribution is -0.138. The molecular formula is C10H16N2O3. The van der Waals surface area contributed by atoms with Crippen LogP contribution in [0.3, 0.4) is 0 Å². The Morgan fingerprint density at radius 2 is 2.20 bits per heavy atom. The third-order valence-electron chi connectivity index (χ3n) is 2.37. The number of carbonyl (C=O) groups is 1. The van der Waals surface area contributed by atoms with Crippen LogP contribution in [0, 0.1) is 13.8 Å². The van der Waals surface area contributed by atoms with Gasteiger partial charge in [-0.2, -0.15) is 0 Å². The molecule has 0 saturated carbocycles. The molecule has 0 fully saturated rings. The van der Waals surface area contributed by atoms with E-state index in [0.717, 1.165) is 17.0 Å². The summed E-state index contributed by atoms with van der Waals surface area (Å²) >= 11 is 0. The quantitative estimate of drug-likeness (QED) is 0.794. The zero-order chi connectivity index (χ0) is 11.4. The van der Waals surface area contributed by atoms with Gasteiger partial charge in [0.2, 0.25) is 0 Å². The molecule has 0 radical (unpaired) electrons. The summed E-state index contributed by atoms with van der Waals surface area (Å²) in [5, 5.41) is 12.5. The molecule has 0 amide bonds. The van der Waals surface area contributed by atoms with Crippen LogP contribution in [0.2, 0.25) is 0 Å². The van der Waals surface area contributed by atoms with Gasteiger partial charge in [0.1, 0.15) is 5.76 Å².